The van der Waals surface area contributed by atoms with Gasteiger partial charge in [0.25, 0.3) is 0 Å². The van der Waals surface area contributed by atoms with Crippen molar-refractivity contribution in [1.82, 2.24) is 10.6 Å². The number of nitrogens with one attached hydrogen (secondary N) is 2. The Morgan fingerprint density at radius 3 is 2.63 bits per heavy atom. The number of carbonyl (C=O) groups excluding carboxylic acids is 2. The van der Waals surface area contributed by atoms with Gasteiger partial charge >= 0.3 is 0 Å². The summed E-state index contributed by atoms with van der Waals surface area (Å²) < 4.78 is 11.2. The first-order valence-electron chi connectivity index (χ1n) is 9.77. The molecular weight excluding hydrogens is 354 g/mol. The topological polar surface area (TPSA) is 143 Å². The summed E-state index contributed by atoms with van der Waals surface area (Å²) in [5, 5.41) is 24.7. The maximum atomic E-state index is 11.8. The maximum Gasteiger partial charge on any atom is 0.220 e. The summed E-state index contributed by atoms with van der Waals surface area (Å²) in [5.41, 5.74) is 5.43. The van der Waals surface area contributed by atoms with E-state index < -0.39 is 24.5 Å². The fourth-order valence-electron chi connectivity index (χ4n) is 2.96. The lowest BCUT2D eigenvalue weighted by molar-refractivity contribution is -0.241. The van der Waals surface area contributed by atoms with Crippen LogP contribution in [0.2, 0.25) is 0 Å². The van der Waals surface area contributed by atoms with Crippen molar-refractivity contribution in [1.29, 1.82) is 0 Å². The summed E-state index contributed by atoms with van der Waals surface area (Å²) in [7, 11) is 0. The molecule has 1 aliphatic rings. The molecule has 4 atom stereocenters. The van der Waals surface area contributed by atoms with E-state index in [2.05, 4.69) is 10.6 Å². The third kappa shape index (κ3) is 10.0. The second kappa shape index (κ2) is 13.8. The van der Waals surface area contributed by atoms with Crippen molar-refractivity contribution in [3.05, 3.63) is 0 Å². The fourth-order valence-corrected chi connectivity index (χ4v) is 2.96. The highest BCUT2D eigenvalue weighted by Crippen LogP contribution is 2.21. The maximum absolute atomic E-state index is 11.8. The first-order chi connectivity index (χ1) is 13.0. The minimum atomic E-state index is -0.873. The smallest absolute Gasteiger partial charge is 0.220 e. The van der Waals surface area contributed by atoms with E-state index in [4.69, 9.17) is 15.2 Å². The van der Waals surface area contributed by atoms with E-state index in [1.54, 1.807) is 0 Å². The average molecular weight is 389 g/mol. The highest BCUT2D eigenvalue weighted by atomic mass is 16.7. The van der Waals surface area contributed by atoms with Gasteiger partial charge in [-0.1, -0.05) is 12.8 Å². The van der Waals surface area contributed by atoms with Gasteiger partial charge < -0.3 is 36.1 Å². The highest BCUT2D eigenvalue weighted by Gasteiger charge is 2.37. The predicted molar refractivity (Wildman–Crippen MR) is 99.7 cm³/mol. The first kappa shape index (κ1) is 23.8. The lowest BCUT2D eigenvalue weighted by atomic mass is 10.0. The number of aliphatic hydroxyl groups excluding tert-OH is 2. The summed E-state index contributed by atoms with van der Waals surface area (Å²) >= 11 is 0. The Kier molecular flexibility index (Phi) is 12.2. The number of carbonyl (C=O) groups is 2. The number of hydrogen-bond donors (Lipinski definition) is 5. The molecule has 158 valence electrons. The van der Waals surface area contributed by atoms with Gasteiger partial charge in [-0.25, -0.2) is 0 Å². The van der Waals surface area contributed by atoms with Gasteiger partial charge in [0.2, 0.25) is 11.8 Å². The molecule has 0 aromatic heterocycles. The van der Waals surface area contributed by atoms with E-state index >= 15 is 0 Å². The van der Waals surface area contributed by atoms with Crippen LogP contribution in [0.25, 0.3) is 0 Å². The van der Waals surface area contributed by atoms with E-state index in [-0.39, 0.29) is 31.4 Å². The van der Waals surface area contributed by atoms with Gasteiger partial charge in [-0.15, -0.1) is 0 Å². The Hall–Kier alpha value is -1.26. The van der Waals surface area contributed by atoms with E-state index in [9.17, 15) is 19.8 Å². The van der Waals surface area contributed by atoms with Crippen LogP contribution in [0, 0.1) is 0 Å². The quantitative estimate of drug-likeness (QED) is 0.264. The van der Waals surface area contributed by atoms with Crippen LogP contribution in [-0.2, 0) is 19.1 Å². The summed E-state index contributed by atoms with van der Waals surface area (Å²) in [6, 6.07) is -0.498. The number of nitrogens with two attached hydrogens (primary N) is 1. The molecule has 6 N–H and O–H groups in total. The second-order valence-corrected chi connectivity index (χ2v) is 6.86. The molecule has 1 fully saturated rings. The molecule has 9 nitrogen and oxygen atoms in total. The zero-order valence-electron chi connectivity index (χ0n) is 16.2. The molecule has 9 heteroatoms. The molecule has 4 unspecified atom stereocenters. The van der Waals surface area contributed by atoms with E-state index in [0.717, 1.165) is 25.7 Å². The van der Waals surface area contributed by atoms with Crippen molar-refractivity contribution in [2.24, 2.45) is 5.73 Å². The number of rotatable bonds is 13. The first-order valence-corrected chi connectivity index (χ1v) is 9.77. The van der Waals surface area contributed by atoms with Gasteiger partial charge in [-0.2, -0.15) is 0 Å². The minimum absolute atomic E-state index is 0.0240. The largest absolute Gasteiger partial charge is 0.394 e. The zero-order chi connectivity index (χ0) is 20.1. The number of amides is 2. The van der Waals surface area contributed by atoms with Crippen LogP contribution in [0.15, 0.2) is 0 Å². The molecular formula is C18H35N3O6. The Morgan fingerprint density at radius 2 is 1.96 bits per heavy atom. The summed E-state index contributed by atoms with van der Waals surface area (Å²) in [4.78, 5) is 23.1. The molecule has 0 radical (unpaired) electrons. The zero-order valence-corrected chi connectivity index (χ0v) is 16.2. The molecule has 0 spiro atoms. The van der Waals surface area contributed by atoms with Crippen LogP contribution in [0.1, 0.15) is 51.9 Å². The lowest BCUT2D eigenvalue weighted by Crippen LogP contribution is -2.56. The molecule has 27 heavy (non-hydrogen) atoms. The third-order valence-corrected chi connectivity index (χ3v) is 4.41. The van der Waals surface area contributed by atoms with Crippen molar-refractivity contribution >= 4 is 11.8 Å². The van der Waals surface area contributed by atoms with Crippen LogP contribution in [0.4, 0.5) is 0 Å². The van der Waals surface area contributed by atoms with E-state index in [1.165, 1.54) is 6.92 Å². The molecule has 0 saturated carbocycles. The van der Waals surface area contributed by atoms with Gasteiger partial charge in [0, 0.05) is 26.3 Å². The van der Waals surface area contributed by atoms with Gasteiger partial charge in [-0.05, 0) is 25.8 Å². The van der Waals surface area contributed by atoms with Crippen LogP contribution >= 0.6 is 0 Å². The Bertz CT molecular complexity index is 437. The Labute approximate surface area is 161 Å². The predicted octanol–water partition coefficient (Wildman–Crippen LogP) is -0.609. The molecule has 2 amide bonds. The van der Waals surface area contributed by atoms with Gasteiger partial charge in [0.1, 0.15) is 6.10 Å². The molecule has 1 rings (SSSR count). The van der Waals surface area contributed by atoms with Crippen molar-refractivity contribution < 1.29 is 29.3 Å². The SMILES string of the molecule is CC(=O)NC1CC(O)C(CO)OC1OCCCC(=O)NCCCCCCN. The number of unbranched alkanes of at least 4 members (excludes halogenated alkanes) is 3. The van der Waals surface area contributed by atoms with E-state index in [1.807, 2.05) is 0 Å². The highest BCUT2D eigenvalue weighted by molar-refractivity contribution is 5.75. The second-order valence-electron chi connectivity index (χ2n) is 6.86. The van der Waals surface area contributed by atoms with Gasteiger partial charge in [0.15, 0.2) is 6.29 Å². The summed E-state index contributed by atoms with van der Waals surface area (Å²) in [6.45, 7) is 2.69. The number of ether oxygens (including phenoxy) is 2. The standard InChI is InChI=1S/C18H35N3O6/c1-13(23)21-14-11-15(24)16(12-22)27-18(14)26-10-6-7-17(25)20-9-5-3-2-4-8-19/h14-16,18,22,24H,2-12,19H2,1H3,(H,20,25)(H,21,23). The molecule has 1 saturated heterocycles. The molecule has 0 aliphatic carbocycles. The van der Waals surface area contributed by atoms with Crippen molar-refractivity contribution in [3.63, 3.8) is 0 Å². The van der Waals surface area contributed by atoms with Crippen molar-refractivity contribution in [3.8, 4) is 0 Å². The molecule has 0 bridgehead atoms. The van der Waals surface area contributed by atoms with Crippen molar-refractivity contribution in [2.75, 3.05) is 26.3 Å². The van der Waals surface area contributed by atoms with Crippen LogP contribution in [-0.4, -0.2) is 72.9 Å². The normalized spacial score (nSPS) is 25.2. The molecule has 1 heterocycles. The Balaban J connectivity index is 2.23. The number of aliphatic hydroxyl groups is 2. The molecule has 0 aromatic rings. The lowest BCUT2D eigenvalue weighted by Gasteiger charge is -2.38. The molecule has 1 aliphatic heterocycles. The van der Waals surface area contributed by atoms with Crippen LogP contribution in [0.3, 0.4) is 0 Å². The molecule has 0 aromatic carbocycles. The third-order valence-electron chi connectivity index (χ3n) is 4.41. The van der Waals surface area contributed by atoms with Crippen LogP contribution < -0.4 is 16.4 Å². The average Bonchev–Trinajstić information content (AvgIpc) is 2.62. The van der Waals surface area contributed by atoms with Crippen molar-refractivity contribution in [2.45, 2.75) is 76.4 Å². The Morgan fingerprint density at radius 1 is 1.22 bits per heavy atom. The van der Waals surface area contributed by atoms with Gasteiger partial charge in [-0.3, -0.25) is 9.59 Å². The monoisotopic (exact) mass is 389 g/mol. The van der Waals surface area contributed by atoms with E-state index in [0.29, 0.717) is 25.9 Å². The fraction of sp³-hybridized carbons (Fsp3) is 0.889. The van der Waals surface area contributed by atoms with Crippen LogP contribution in [0.5, 0.6) is 0 Å². The van der Waals surface area contributed by atoms with Gasteiger partial charge in [0.05, 0.1) is 25.4 Å². The summed E-state index contributed by atoms with van der Waals surface area (Å²) in [6.07, 6.45) is 2.81. The minimum Gasteiger partial charge on any atom is -0.394 e. The number of hydrogen-bond acceptors (Lipinski definition) is 7. The summed E-state index contributed by atoms with van der Waals surface area (Å²) in [5.74, 6) is -0.276.